The SMILES string of the molecule is CCCCOc1ccc(-c2nnc(SCC(=O)Nc3ccc(F)c(Cl)c3)n2C)cc1. The second-order valence-corrected chi connectivity index (χ2v) is 7.91. The molecule has 1 aromatic heterocycles. The molecule has 1 amide bonds. The second-order valence-electron chi connectivity index (χ2n) is 6.56. The van der Waals surface area contributed by atoms with Gasteiger partial charge in [-0.3, -0.25) is 4.79 Å². The van der Waals surface area contributed by atoms with E-state index in [1.165, 1.54) is 30.0 Å². The van der Waals surface area contributed by atoms with Crippen LogP contribution in [0.15, 0.2) is 47.6 Å². The summed E-state index contributed by atoms with van der Waals surface area (Å²) in [6.45, 7) is 2.82. The van der Waals surface area contributed by atoms with Gasteiger partial charge in [-0.25, -0.2) is 4.39 Å². The zero-order valence-electron chi connectivity index (χ0n) is 16.7. The Labute approximate surface area is 183 Å². The summed E-state index contributed by atoms with van der Waals surface area (Å²) < 4.78 is 20.7. The number of amides is 1. The molecule has 1 heterocycles. The summed E-state index contributed by atoms with van der Waals surface area (Å²) in [5, 5.41) is 11.7. The van der Waals surface area contributed by atoms with Crippen LogP contribution in [0.25, 0.3) is 11.4 Å². The van der Waals surface area contributed by atoms with Crippen molar-refractivity contribution in [1.29, 1.82) is 0 Å². The summed E-state index contributed by atoms with van der Waals surface area (Å²) >= 11 is 6.99. The molecule has 0 aliphatic carbocycles. The first-order chi connectivity index (χ1) is 14.5. The lowest BCUT2D eigenvalue weighted by atomic mass is 10.2. The fraction of sp³-hybridized carbons (Fsp3) is 0.286. The van der Waals surface area contributed by atoms with Crippen molar-refractivity contribution in [2.75, 3.05) is 17.7 Å². The van der Waals surface area contributed by atoms with Gasteiger partial charge in [0.25, 0.3) is 0 Å². The molecule has 6 nitrogen and oxygen atoms in total. The molecule has 0 fully saturated rings. The Bertz CT molecular complexity index is 1010. The number of hydrogen-bond acceptors (Lipinski definition) is 5. The van der Waals surface area contributed by atoms with E-state index in [-0.39, 0.29) is 16.7 Å². The fourth-order valence-electron chi connectivity index (χ4n) is 2.63. The number of ether oxygens (including phenoxy) is 1. The second kappa shape index (κ2) is 10.4. The van der Waals surface area contributed by atoms with Crippen LogP contribution >= 0.6 is 23.4 Å². The normalized spacial score (nSPS) is 10.8. The molecule has 0 radical (unpaired) electrons. The van der Waals surface area contributed by atoms with Crippen molar-refractivity contribution < 1.29 is 13.9 Å². The first-order valence-electron chi connectivity index (χ1n) is 9.48. The molecule has 1 N–H and O–H groups in total. The van der Waals surface area contributed by atoms with Crippen LogP contribution in [0.3, 0.4) is 0 Å². The summed E-state index contributed by atoms with van der Waals surface area (Å²) in [5.74, 6) is 0.868. The highest BCUT2D eigenvalue weighted by atomic mass is 35.5. The Balaban J connectivity index is 1.58. The molecule has 9 heteroatoms. The van der Waals surface area contributed by atoms with Crippen LogP contribution in [0, 0.1) is 5.82 Å². The Kier molecular flexibility index (Phi) is 7.70. The lowest BCUT2D eigenvalue weighted by Gasteiger charge is -2.07. The summed E-state index contributed by atoms with van der Waals surface area (Å²) in [4.78, 5) is 12.2. The summed E-state index contributed by atoms with van der Waals surface area (Å²) in [5.41, 5.74) is 1.34. The van der Waals surface area contributed by atoms with Gasteiger partial charge in [0, 0.05) is 18.3 Å². The number of carbonyl (C=O) groups excluding carboxylic acids is 1. The lowest BCUT2D eigenvalue weighted by Crippen LogP contribution is -2.14. The number of nitrogens with one attached hydrogen (secondary N) is 1. The van der Waals surface area contributed by atoms with Crippen molar-refractivity contribution in [1.82, 2.24) is 14.8 Å². The fourth-order valence-corrected chi connectivity index (χ4v) is 3.52. The number of nitrogens with zero attached hydrogens (tertiary/aromatic N) is 3. The lowest BCUT2D eigenvalue weighted by molar-refractivity contribution is -0.113. The van der Waals surface area contributed by atoms with Gasteiger partial charge >= 0.3 is 0 Å². The minimum absolute atomic E-state index is 0.0415. The predicted molar refractivity (Wildman–Crippen MR) is 118 cm³/mol. The number of unbranched alkanes of at least 4 members (excludes halogenated alkanes) is 1. The highest BCUT2D eigenvalue weighted by molar-refractivity contribution is 7.99. The molecule has 2 aromatic carbocycles. The van der Waals surface area contributed by atoms with Crippen LogP contribution in [0.1, 0.15) is 19.8 Å². The van der Waals surface area contributed by atoms with Crippen LogP contribution in [-0.2, 0) is 11.8 Å². The van der Waals surface area contributed by atoms with E-state index in [0.717, 1.165) is 24.2 Å². The molecule has 3 rings (SSSR count). The molecule has 0 saturated heterocycles. The van der Waals surface area contributed by atoms with Gasteiger partial charge in [-0.15, -0.1) is 10.2 Å². The van der Waals surface area contributed by atoms with Crippen LogP contribution in [0.4, 0.5) is 10.1 Å². The molecule has 0 aliphatic rings. The third-order valence-corrected chi connectivity index (χ3v) is 5.56. The number of anilines is 1. The average molecular weight is 449 g/mol. The number of aromatic nitrogens is 3. The van der Waals surface area contributed by atoms with Gasteiger partial charge in [-0.1, -0.05) is 36.7 Å². The molecule has 0 bridgehead atoms. The maximum atomic E-state index is 13.2. The highest BCUT2D eigenvalue weighted by Crippen LogP contribution is 2.25. The van der Waals surface area contributed by atoms with Gasteiger partial charge in [0.1, 0.15) is 11.6 Å². The van der Waals surface area contributed by atoms with Crippen molar-refractivity contribution in [2.24, 2.45) is 7.05 Å². The third-order valence-electron chi connectivity index (χ3n) is 4.25. The van der Waals surface area contributed by atoms with Gasteiger partial charge in [-0.2, -0.15) is 0 Å². The largest absolute Gasteiger partial charge is 0.494 e. The molecule has 0 spiro atoms. The van der Waals surface area contributed by atoms with E-state index in [2.05, 4.69) is 22.4 Å². The molecule has 0 atom stereocenters. The minimum atomic E-state index is -0.531. The van der Waals surface area contributed by atoms with Crippen LogP contribution < -0.4 is 10.1 Å². The van der Waals surface area contributed by atoms with Gasteiger partial charge in [0.15, 0.2) is 11.0 Å². The highest BCUT2D eigenvalue weighted by Gasteiger charge is 2.13. The van der Waals surface area contributed by atoms with E-state index < -0.39 is 5.82 Å². The van der Waals surface area contributed by atoms with Crippen LogP contribution in [0.5, 0.6) is 5.75 Å². The number of carbonyl (C=O) groups is 1. The number of rotatable bonds is 9. The van der Waals surface area contributed by atoms with E-state index in [0.29, 0.717) is 23.3 Å². The molecular formula is C21H22ClFN4O2S. The summed E-state index contributed by atoms with van der Waals surface area (Å²) in [6.07, 6.45) is 2.11. The van der Waals surface area contributed by atoms with Crippen LogP contribution in [-0.4, -0.2) is 33.0 Å². The molecule has 0 unspecified atom stereocenters. The molecule has 30 heavy (non-hydrogen) atoms. The monoisotopic (exact) mass is 448 g/mol. The summed E-state index contributed by atoms with van der Waals surface area (Å²) in [6, 6.07) is 11.7. The predicted octanol–water partition coefficient (Wildman–Crippen LogP) is 5.18. The van der Waals surface area contributed by atoms with Gasteiger partial charge in [0.2, 0.25) is 5.91 Å². The molecule has 0 saturated carbocycles. The molecule has 3 aromatic rings. The Hall–Kier alpha value is -2.58. The number of thioether (sulfide) groups is 1. The zero-order valence-corrected chi connectivity index (χ0v) is 18.3. The smallest absolute Gasteiger partial charge is 0.234 e. The Morgan fingerprint density at radius 3 is 2.70 bits per heavy atom. The van der Waals surface area contributed by atoms with Crippen molar-refractivity contribution in [3.63, 3.8) is 0 Å². The van der Waals surface area contributed by atoms with Gasteiger partial charge < -0.3 is 14.6 Å². The van der Waals surface area contributed by atoms with E-state index >= 15 is 0 Å². The Morgan fingerprint density at radius 2 is 2.00 bits per heavy atom. The topological polar surface area (TPSA) is 69.0 Å². The zero-order chi connectivity index (χ0) is 21.5. The van der Waals surface area contributed by atoms with E-state index in [1.54, 1.807) is 0 Å². The van der Waals surface area contributed by atoms with Gasteiger partial charge in [-0.05, 0) is 48.9 Å². The van der Waals surface area contributed by atoms with E-state index in [4.69, 9.17) is 16.3 Å². The maximum Gasteiger partial charge on any atom is 0.234 e. The quantitative estimate of drug-likeness (QED) is 0.360. The van der Waals surface area contributed by atoms with E-state index in [1.807, 2.05) is 35.9 Å². The molecule has 0 aliphatic heterocycles. The number of halogens is 2. The van der Waals surface area contributed by atoms with Crippen molar-refractivity contribution in [2.45, 2.75) is 24.9 Å². The maximum absolute atomic E-state index is 13.2. The van der Waals surface area contributed by atoms with Gasteiger partial charge in [0.05, 0.1) is 17.4 Å². The third kappa shape index (κ3) is 5.73. The van der Waals surface area contributed by atoms with E-state index in [9.17, 15) is 9.18 Å². The van der Waals surface area contributed by atoms with Crippen molar-refractivity contribution in [3.8, 4) is 17.1 Å². The van der Waals surface area contributed by atoms with Crippen molar-refractivity contribution >= 4 is 35.0 Å². The molecule has 158 valence electrons. The first-order valence-corrected chi connectivity index (χ1v) is 10.8. The van der Waals surface area contributed by atoms with Crippen LogP contribution in [0.2, 0.25) is 5.02 Å². The minimum Gasteiger partial charge on any atom is -0.494 e. The number of hydrogen-bond donors (Lipinski definition) is 1. The molecular weight excluding hydrogens is 427 g/mol. The first kappa shape index (κ1) is 22.1. The standard InChI is InChI=1S/C21H22ClFN4O2S/c1-3-4-11-29-16-8-5-14(6-9-16)20-25-26-21(27(20)2)30-13-19(28)24-15-7-10-18(23)17(22)12-15/h5-10,12H,3-4,11,13H2,1-2H3,(H,24,28). The average Bonchev–Trinajstić information content (AvgIpc) is 3.10. The Morgan fingerprint density at radius 1 is 1.23 bits per heavy atom. The number of benzene rings is 2. The van der Waals surface area contributed by atoms with Crippen molar-refractivity contribution in [3.05, 3.63) is 53.3 Å². The summed E-state index contributed by atoms with van der Waals surface area (Å²) in [7, 11) is 1.85.